The standard InChI is InChI=1S/C10H14N2O/c1-2-13-10-8(4-3-6-12-10)9-5-7-11-9/h3-4,6,9,11H,2,5,7H2,1H3/t9-/m0/s1. The van der Waals surface area contributed by atoms with E-state index in [9.17, 15) is 0 Å². The van der Waals surface area contributed by atoms with Crippen molar-refractivity contribution in [3.63, 3.8) is 0 Å². The topological polar surface area (TPSA) is 34.1 Å². The predicted octanol–water partition coefficient (Wildman–Crippen LogP) is 1.51. The quantitative estimate of drug-likeness (QED) is 0.762. The molecule has 0 spiro atoms. The van der Waals surface area contributed by atoms with E-state index >= 15 is 0 Å². The van der Waals surface area contributed by atoms with Crippen LogP contribution in [0.1, 0.15) is 24.9 Å². The maximum Gasteiger partial charge on any atom is 0.218 e. The zero-order chi connectivity index (χ0) is 9.10. The molecule has 2 rings (SSSR count). The van der Waals surface area contributed by atoms with Crippen molar-refractivity contribution < 1.29 is 4.74 Å². The van der Waals surface area contributed by atoms with Crippen molar-refractivity contribution in [3.05, 3.63) is 23.9 Å². The van der Waals surface area contributed by atoms with Crippen molar-refractivity contribution in [1.82, 2.24) is 10.3 Å². The Labute approximate surface area is 78.1 Å². The molecule has 1 atom stereocenters. The zero-order valence-corrected chi connectivity index (χ0v) is 7.79. The zero-order valence-electron chi connectivity index (χ0n) is 7.79. The van der Waals surface area contributed by atoms with Gasteiger partial charge in [0.25, 0.3) is 0 Å². The van der Waals surface area contributed by atoms with Gasteiger partial charge in [-0.1, -0.05) is 6.07 Å². The Bertz CT molecular complexity index is 284. The molecule has 1 aromatic rings. The van der Waals surface area contributed by atoms with E-state index in [1.165, 1.54) is 12.0 Å². The lowest BCUT2D eigenvalue weighted by Gasteiger charge is -2.28. The minimum Gasteiger partial charge on any atom is -0.478 e. The van der Waals surface area contributed by atoms with Crippen molar-refractivity contribution in [2.75, 3.05) is 13.2 Å². The van der Waals surface area contributed by atoms with E-state index in [-0.39, 0.29) is 0 Å². The van der Waals surface area contributed by atoms with Crippen LogP contribution in [0.4, 0.5) is 0 Å². The summed E-state index contributed by atoms with van der Waals surface area (Å²) in [4.78, 5) is 4.21. The molecular weight excluding hydrogens is 164 g/mol. The highest BCUT2D eigenvalue weighted by Crippen LogP contribution is 2.28. The molecule has 0 amide bonds. The van der Waals surface area contributed by atoms with Crippen LogP contribution in [0.2, 0.25) is 0 Å². The number of nitrogens with zero attached hydrogens (tertiary/aromatic N) is 1. The second-order valence-electron chi connectivity index (χ2n) is 3.13. The van der Waals surface area contributed by atoms with E-state index in [1.807, 2.05) is 13.0 Å². The van der Waals surface area contributed by atoms with Gasteiger partial charge in [-0.15, -0.1) is 0 Å². The first-order valence-corrected chi connectivity index (χ1v) is 4.73. The van der Waals surface area contributed by atoms with E-state index in [4.69, 9.17) is 4.74 Å². The fraction of sp³-hybridized carbons (Fsp3) is 0.500. The Morgan fingerprint density at radius 2 is 2.54 bits per heavy atom. The Morgan fingerprint density at radius 1 is 1.69 bits per heavy atom. The van der Waals surface area contributed by atoms with Gasteiger partial charge < -0.3 is 10.1 Å². The first-order valence-electron chi connectivity index (χ1n) is 4.73. The number of ether oxygens (including phenoxy) is 1. The van der Waals surface area contributed by atoms with Crippen LogP contribution in [0.25, 0.3) is 0 Å². The number of hydrogen-bond acceptors (Lipinski definition) is 3. The number of pyridine rings is 1. The molecule has 3 nitrogen and oxygen atoms in total. The van der Waals surface area contributed by atoms with E-state index < -0.39 is 0 Å². The second-order valence-corrected chi connectivity index (χ2v) is 3.13. The number of aromatic nitrogens is 1. The first kappa shape index (κ1) is 8.51. The average Bonchev–Trinajstić information content (AvgIpc) is 2.05. The molecule has 0 aliphatic carbocycles. The molecule has 0 saturated carbocycles. The molecule has 1 aliphatic heterocycles. The van der Waals surface area contributed by atoms with Gasteiger partial charge in [-0.25, -0.2) is 4.98 Å². The van der Waals surface area contributed by atoms with Crippen molar-refractivity contribution in [3.8, 4) is 5.88 Å². The van der Waals surface area contributed by atoms with Crippen LogP contribution in [-0.4, -0.2) is 18.1 Å². The lowest BCUT2D eigenvalue weighted by atomic mass is 9.99. The summed E-state index contributed by atoms with van der Waals surface area (Å²) in [6.07, 6.45) is 2.96. The summed E-state index contributed by atoms with van der Waals surface area (Å²) in [6.45, 7) is 3.76. The van der Waals surface area contributed by atoms with Gasteiger partial charge in [0.2, 0.25) is 5.88 Å². The van der Waals surface area contributed by atoms with Gasteiger partial charge in [0.15, 0.2) is 0 Å². The van der Waals surface area contributed by atoms with E-state index in [1.54, 1.807) is 6.20 Å². The van der Waals surface area contributed by atoms with Crippen molar-refractivity contribution >= 4 is 0 Å². The van der Waals surface area contributed by atoms with Gasteiger partial charge in [0, 0.05) is 17.8 Å². The Kier molecular flexibility index (Phi) is 2.45. The molecule has 1 aliphatic rings. The van der Waals surface area contributed by atoms with Crippen LogP contribution in [0.15, 0.2) is 18.3 Å². The average molecular weight is 178 g/mol. The molecule has 1 aromatic heterocycles. The molecule has 0 unspecified atom stereocenters. The summed E-state index contributed by atoms with van der Waals surface area (Å²) in [5.74, 6) is 0.780. The minimum atomic E-state index is 0.454. The van der Waals surface area contributed by atoms with Crippen molar-refractivity contribution in [1.29, 1.82) is 0 Å². The van der Waals surface area contributed by atoms with Gasteiger partial charge in [-0.05, 0) is 26.0 Å². The van der Waals surface area contributed by atoms with Crippen molar-refractivity contribution in [2.24, 2.45) is 0 Å². The van der Waals surface area contributed by atoms with E-state index in [0.29, 0.717) is 12.6 Å². The summed E-state index contributed by atoms with van der Waals surface area (Å²) in [6, 6.07) is 4.49. The normalized spacial score (nSPS) is 20.8. The summed E-state index contributed by atoms with van der Waals surface area (Å²) in [7, 11) is 0. The third-order valence-corrected chi connectivity index (χ3v) is 2.28. The van der Waals surface area contributed by atoms with Crippen LogP contribution < -0.4 is 10.1 Å². The monoisotopic (exact) mass is 178 g/mol. The Hall–Kier alpha value is -1.09. The fourth-order valence-corrected chi connectivity index (χ4v) is 1.48. The lowest BCUT2D eigenvalue weighted by Crippen LogP contribution is -2.35. The fourth-order valence-electron chi connectivity index (χ4n) is 1.48. The highest BCUT2D eigenvalue weighted by Gasteiger charge is 2.22. The smallest absolute Gasteiger partial charge is 0.218 e. The second kappa shape index (κ2) is 3.75. The Morgan fingerprint density at radius 3 is 3.15 bits per heavy atom. The van der Waals surface area contributed by atoms with Gasteiger partial charge >= 0.3 is 0 Å². The molecule has 70 valence electrons. The summed E-state index contributed by atoms with van der Waals surface area (Å²) in [5.41, 5.74) is 1.19. The van der Waals surface area contributed by atoms with Crippen LogP contribution in [-0.2, 0) is 0 Å². The summed E-state index contributed by atoms with van der Waals surface area (Å²) in [5, 5.41) is 3.34. The number of rotatable bonds is 3. The molecule has 1 N–H and O–H groups in total. The highest BCUT2D eigenvalue weighted by atomic mass is 16.5. The number of hydrogen-bond donors (Lipinski definition) is 1. The molecule has 1 fully saturated rings. The predicted molar refractivity (Wildman–Crippen MR) is 50.8 cm³/mol. The third kappa shape index (κ3) is 1.65. The third-order valence-electron chi connectivity index (χ3n) is 2.28. The van der Waals surface area contributed by atoms with Crippen molar-refractivity contribution in [2.45, 2.75) is 19.4 Å². The molecule has 3 heteroatoms. The van der Waals surface area contributed by atoms with Gasteiger partial charge in [-0.2, -0.15) is 0 Å². The van der Waals surface area contributed by atoms with Crippen LogP contribution >= 0.6 is 0 Å². The first-order chi connectivity index (χ1) is 6.42. The molecule has 1 saturated heterocycles. The molecular formula is C10H14N2O. The molecule has 13 heavy (non-hydrogen) atoms. The largest absolute Gasteiger partial charge is 0.478 e. The molecule has 0 aromatic carbocycles. The molecule has 0 radical (unpaired) electrons. The van der Waals surface area contributed by atoms with E-state index in [0.717, 1.165) is 12.4 Å². The SMILES string of the molecule is CCOc1ncccc1[C@@H]1CCN1. The number of nitrogens with one attached hydrogen (secondary N) is 1. The summed E-state index contributed by atoms with van der Waals surface area (Å²) >= 11 is 0. The Balaban J connectivity index is 2.20. The summed E-state index contributed by atoms with van der Waals surface area (Å²) < 4.78 is 5.44. The molecule has 2 heterocycles. The van der Waals surface area contributed by atoms with E-state index in [2.05, 4.69) is 16.4 Å². The minimum absolute atomic E-state index is 0.454. The molecule has 0 bridgehead atoms. The van der Waals surface area contributed by atoms with Crippen LogP contribution in [0.3, 0.4) is 0 Å². The van der Waals surface area contributed by atoms with Gasteiger partial charge in [0.1, 0.15) is 0 Å². The van der Waals surface area contributed by atoms with Crippen LogP contribution in [0.5, 0.6) is 5.88 Å². The highest BCUT2D eigenvalue weighted by molar-refractivity contribution is 5.30. The lowest BCUT2D eigenvalue weighted by molar-refractivity contribution is 0.304. The maximum atomic E-state index is 5.44. The maximum absolute atomic E-state index is 5.44. The van der Waals surface area contributed by atoms with Gasteiger partial charge in [-0.3, -0.25) is 0 Å². The van der Waals surface area contributed by atoms with Crippen LogP contribution in [0, 0.1) is 0 Å². The van der Waals surface area contributed by atoms with Gasteiger partial charge in [0.05, 0.1) is 6.61 Å².